The molecule has 0 spiro atoms. The Morgan fingerprint density at radius 2 is 2.11 bits per heavy atom. The molecule has 3 nitrogen and oxygen atoms in total. The van der Waals surface area contributed by atoms with Gasteiger partial charge in [-0.3, -0.25) is 4.79 Å². The summed E-state index contributed by atoms with van der Waals surface area (Å²) in [4.78, 5) is 11.9. The summed E-state index contributed by atoms with van der Waals surface area (Å²) in [7, 11) is 1.44. The van der Waals surface area contributed by atoms with Crippen LogP contribution in [0.4, 0.5) is 0 Å². The third kappa shape index (κ3) is 2.39. The number of esters is 1. The van der Waals surface area contributed by atoms with E-state index in [-0.39, 0.29) is 11.4 Å². The number of aryl methyl sites for hydroxylation is 1. The van der Waals surface area contributed by atoms with Crippen LogP contribution in [0.25, 0.3) is 0 Å². The van der Waals surface area contributed by atoms with Gasteiger partial charge in [-0.05, 0) is 44.2 Å². The zero-order valence-electron chi connectivity index (χ0n) is 12.0. The summed E-state index contributed by atoms with van der Waals surface area (Å²) >= 11 is 0. The van der Waals surface area contributed by atoms with Crippen LogP contribution in [0.15, 0.2) is 24.3 Å². The number of nitrogens with two attached hydrogens (primary N) is 1. The number of ether oxygens (including phenoxy) is 1. The fraction of sp³-hybridized carbons (Fsp3) is 0.562. The maximum Gasteiger partial charge on any atom is 0.306 e. The fourth-order valence-corrected chi connectivity index (χ4v) is 3.32. The second-order valence-electron chi connectivity index (χ2n) is 6.07. The van der Waals surface area contributed by atoms with Gasteiger partial charge in [0.1, 0.15) is 0 Å². The molecular weight excluding hydrogens is 238 g/mol. The standard InChI is InChI=1S/C16H23NO2/c1-15(2,17)16(11-14(18)19-3)10-6-8-12-7-4-5-9-13(12)16/h4-5,7,9H,6,8,10-11,17H2,1-3H3. The summed E-state index contributed by atoms with van der Waals surface area (Å²) in [6, 6.07) is 8.34. The number of benzene rings is 1. The van der Waals surface area contributed by atoms with Crippen LogP contribution >= 0.6 is 0 Å². The van der Waals surface area contributed by atoms with Crippen LogP contribution in [-0.2, 0) is 21.4 Å². The van der Waals surface area contributed by atoms with Gasteiger partial charge in [-0.25, -0.2) is 0 Å². The van der Waals surface area contributed by atoms with Crippen molar-refractivity contribution in [1.29, 1.82) is 0 Å². The van der Waals surface area contributed by atoms with E-state index in [0.29, 0.717) is 6.42 Å². The van der Waals surface area contributed by atoms with E-state index in [1.807, 2.05) is 19.9 Å². The predicted molar refractivity (Wildman–Crippen MR) is 76.0 cm³/mol. The molecule has 1 aliphatic carbocycles. The fourth-order valence-electron chi connectivity index (χ4n) is 3.32. The monoisotopic (exact) mass is 261 g/mol. The van der Waals surface area contributed by atoms with Crippen molar-refractivity contribution in [2.75, 3.05) is 7.11 Å². The highest BCUT2D eigenvalue weighted by Gasteiger charge is 2.47. The van der Waals surface area contributed by atoms with Gasteiger partial charge < -0.3 is 10.5 Å². The smallest absolute Gasteiger partial charge is 0.306 e. The van der Waals surface area contributed by atoms with Gasteiger partial charge in [0.15, 0.2) is 0 Å². The highest BCUT2D eigenvalue weighted by molar-refractivity contribution is 5.72. The number of hydrogen-bond donors (Lipinski definition) is 1. The second-order valence-corrected chi connectivity index (χ2v) is 6.07. The minimum absolute atomic E-state index is 0.185. The molecular formula is C16H23NO2. The first-order valence-electron chi connectivity index (χ1n) is 6.85. The number of carbonyl (C=O) groups is 1. The van der Waals surface area contributed by atoms with Crippen LogP contribution < -0.4 is 5.73 Å². The molecule has 1 aromatic carbocycles. The Morgan fingerprint density at radius 1 is 1.42 bits per heavy atom. The molecule has 2 rings (SSSR count). The predicted octanol–water partition coefficient (Wildman–Crippen LogP) is 2.56. The number of hydrogen-bond acceptors (Lipinski definition) is 3. The quantitative estimate of drug-likeness (QED) is 0.851. The van der Waals surface area contributed by atoms with E-state index < -0.39 is 5.54 Å². The van der Waals surface area contributed by atoms with Crippen molar-refractivity contribution in [3.63, 3.8) is 0 Å². The van der Waals surface area contributed by atoms with Crippen molar-refractivity contribution in [3.05, 3.63) is 35.4 Å². The summed E-state index contributed by atoms with van der Waals surface area (Å²) < 4.78 is 4.89. The first kappa shape index (κ1) is 14.1. The second kappa shape index (κ2) is 4.97. The minimum Gasteiger partial charge on any atom is -0.469 e. The van der Waals surface area contributed by atoms with Gasteiger partial charge in [0, 0.05) is 11.0 Å². The van der Waals surface area contributed by atoms with Crippen LogP contribution in [0.2, 0.25) is 0 Å². The maximum atomic E-state index is 11.9. The van der Waals surface area contributed by atoms with Crippen molar-refractivity contribution >= 4 is 5.97 Å². The number of carbonyl (C=O) groups excluding carboxylic acids is 1. The molecule has 0 bridgehead atoms. The van der Waals surface area contributed by atoms with E-state index in [4.69, 9.17) is 10.5 Å². The molecule has 0 fully saturated rings. The van der Waals surface area contributed by atoms with E-state index in [0.717, 1.165) is 19.3 Å². The molecule has 1 atom stereocenters. The van der Waals surface area contributed by atoms with Crippen molar-refractivity contribution in [2.45, 2.75) is 50.5 Å². The Balaban J connectivity index is 2.54. The Morgan fingerprint density at radius 3 is 2.74 bits per heavy atom. The SMILES string of the molecule is COC(=O)CC1(C(C)(C)N)CCCc2ccccc21. The third-order valence-corrected chi connectivity index (χ3v) is 4.49. The van der Waals surface area contributed by atoms with Gasteiger partial charge in [-0.1, -0.05) is 24.3 Å². The lowest BCUT2D eigenvalue weighted by Gasteiger charge is -2.48. The van der Waals surface area contributed by atoms with Crippen molar-refractivity contribution in [3.8, 4) is 0 Å². The summed E-state index contributed by atoms with van der Waals surface area (Å²) in [5.41, 5.74) is 8.21. The van der Waals surface area contributed by atoms with Gasteiger partial charge in [0.05, 0.1) is 13.5 Å². The molecule has 0 saturated heterocycles. The number of fused-ring (bicyclic) bond motifs is 1. The molecule has 0 radical (unpaired) electrons. The summed E-state index contributed by atoms with van der Waals surface area (Å²) in [6.45, 7) is 4.02. The van der Waals surface area contributed by atoms with E-state index in [1.165, 1.54) is 18.2 Å². The number of rotatable bonds is 3. The van der Waals surface area contributed by atoms with Crippen molar-refractivity contribution in [2.24, 2.45) is 5.73 Å². The summed E-state index contributed by atoms with van der Waals surface area (Å²) in [6.07, 6.45) is 3.41. The molecule has 1 aromatic rings. The average molecular weight is 261 g/mol. The van der Waals surface area contributed by atoms with Gasteiger partial charge in [-0.15, -0.1) is 0 Å². The topological polar surface area (TPSA) is 52.3 Å². The minimum atomic E-state index is -0.461. The Bertz CT molecular complexity index is 476. The van der Waals surface area contributed by atoms with E-state index in [9.17, 15) is 4.79 Å². The molecule has 0 saturated carbocycles. The molecule has 0 amide bonds. The zero-order chi connectivity index (χ0) is 14.1. The first-order chi connectivity index (χ1) is 8.90. The highest BCUT2D eigenvalue weighted by Crippen LogP contribution is 2.46. The average Bonchev–Trinajstić information content (AvgIpc) is 2.37. The highest BCUT2D eigenvalue weighted by atomic mass is 16.5. The Hall–Kier alpha value is -1.35. The normalized spacial score (nSPS) is 22.7. The van der Waals surface area contributed by atoms with Gasteiger partial charge in [0.25, 0.3) is 0 Å². The molecule has 2 N–H and O–H groups in total. The molecule has 3 heteroatoms. The summed E-state index contributed by atoms with van der Waals surface area (Å²) in [5.74, 6) is -0.185. The molecule has 0 aliphatic heterocycles. The van der Waals surface area contributed by atoms with Gasteiger partial charge in [-0.2, -0.15) is 0 Å². The van der Waals surface area contributed by atoms with Crippen LogP contribution in [0, 0.1) is 0 Å². The summed E-state index contributed by atoms with van der Waals surface area (Å²) in [5, 5.41) is 0. The van der Waals surface area contributed by atoms with E-state index in [1.54, 1.807) is 0 Å². The maximum absolute atomic E-state index is 11.9. The molecule has 1 aliphatic rings. The van der Waals surface area contributed by atoms with E-state index in [2.05, 4.69) is 18.2 Å². The van der Waals surface area contributed by atoms with Crippen LogP contribution in [-0.4, -0.2) is 18.6 Å². The largest absolute Gasteiger partial charge is 0.469 e. The van der Waals surface area contributed by atoms with Crippen LogP contribution in [0.3, 0.4) is 0 Å². The lowest BCUT2D eigenvalue weighted by molar-refractivity contribution is -0.143. The third-order valence-electron chi connectivity index (χ3n) is 4.49. The zero-order valence-corrected chi connectivity index (χ0v) is 12.0. The first-order valence-corrected chi connectivity index (χ1v) is 6.85. The molecule has 0 aromatic heterocycles. The van der Waals surface area contributed by atoms with Crippen LogP contribution in [0.5, 0.6) is 0 Å². The number of methoxy groups -OCH3 is 1. The van der Waals surface area contributed by atoms with Crippen molar-refractivity contribution in [1.82, 2.24) is 0 Å². The lowest BCUT2D eigenvalue weighted by atomic mass is 9.59. The lowest BCUT2D eigenvalue weighted by Crippen LogP contribution is -2.56. The van der Waals surface area contributed by atoms with E-state index >= 15 is 0 Å². The van der Waals surface area contributed by atoms with Crippen molar-refractivity contribution < 1.29 is 9.53 Å². The molecule has 0 heterocycles. The Kier molecular flexibility index (Phi) is 3.68. The molecule has 19 heavy (non-hydrogen) atoms. The van der Waals surface area contributed by atoms with Gasteiger partial charge in [0.2, 0.25) is 0 Å². The Labute approximate surface area is 115 Å². The molecule has 1 unspecified atom stereocenters. The molecule has 104 valence electrons. The van der Waals surface area contributed by atoms with Gasteiger partial charge >= 0.3 is 5.97 Å². The van der Waals surface area contributed by atoms with Crippen LogP contribution in [0.1, 0.15) is 44.2 Å².